The van der Waals surface area contributed by atoms with E-state index in [1.165, 1.54) is 0 Å². The minimum Gasteiger partial charge on any atom is -0.489 e. The molecular weight excluding hydrogens is 410 g/mol. The summed E-state index contributed by atoms with van der Waals surface area (Å²) in [5, 5.41) is 0. The molecule has 3 rings (SSSR count). The van der Waals surface area contributed by atoms with E-state index in [9.17, 15) is 9.59 Å². The number of thioether (sulfide) groups is 1. The number of carbonyl (C=O) groups is 2. The molecule has 0 spiro atoms. The molecule has 1 amide bonds. The minimum atomic E-state index is -0.432. The van der Waals surface area contributed by atoms with E-state index < -0.39 is 6.04 Å². The fourth-order valence-corrected chi connectivity index (χ4v) is 3.45. The topological polar surface area (TPSA) is 80.3 Å². The van der Waals surface area contributed by atoms with Crippen LogP contribution in [0.1, 0.15) is 22.3 Å². The SMILES string of the molecule is CSCCC(C=O)NNC(=O)c1ccc(OCc2cccnc2)cc1-c1ccccc1. The van der Waals surface area contributed by atoms with Crippen LogP contribution in [0.5, 0.6) is 5.75 Å². The van der Waals surface area contributed by atoms with Gasteiger partial charge in [0.2, 0.25) is 0 Å². The van der Waals surface area contributed by atoms with Gasteiger partial charge in [0, 0.05) is 23.5 Å². The van der Waals surface area contributed by atoms with Gasteiger partial charge in [0.05, 0.1) is 6.04 Å². The fraction of sp³-hybridized carbons (Fsp3) is 0.208. The van der Waals surface area contributed by atoms with E-state index in [-0.39, 0.29) is 5.91 Å². The van der Waals surface area contributed by atoms with E-state index in [1.54, 1.807) is 36.3 Å². The lowest BCUT2D eigenvalue weighted by Crippen LogP contribution is -2.45. The van der Waals surface area contributed by atoms with Gasteiger partial charge in [-0.2, -0.15) is 11.8 Å². The molecule has 0 saturated heterocycles. The van der Waals surface area contributed by atoms with Crippen molar-refractivity contribution in [1.29, 1.82) is 0 Å². The Kier molecular flexibility index (Phi) is 8.63. The van der Waals surface area contributed by atoms with E-state index in [0.29, 0.717) is 24.3 Å². The van der Waals surface area contributed by atoms with Gasteiger partial charge in [0.25, 0.3) is 5.91 Å². The third-order valence-electron chi connectivity index (χ3n) is 4.62. The van der Waals surface area contributed by atoms with E-state index in [1.807, 2.05) is 54.8 Å². The van der Waals surface area contributed by atoms with Crippen LogP contribution >= 0.6 is 11.8 Å². The Morgan fingerprint density at radius 3 is 2.71 bits per heavy atom. The van der Waals surface area contributed by atoms with Crippen LogP contribution in [0, 0.1) is 0 Å². The molecule has 160 valence electrons. The lowest BCUT2D eigenvalue weighted by Gasteiger charge is -2.16. The lowest BCUT2D eigenvalue weighted by atomic mass is 9.99. The smallest absolute Gasteiger partial charge is 0.266 e. The number of hydrazine groups is 1. The Bertz CT molecular complexity index is 984. The van der Waals surface area contributed by atoms with E-state index in [2.05, 4.69) is 15.8 Å². The van der Waals surface area contributed by atoms with Gasteiger partial charge in [-0.15, -0.1) is 0 Å². The second-order valence-corrected chi connectivity index (χ2v) is 7.83. The Morgan fingerprint density at radius 1 is 1.16 bits per heavy atom. The molecule has 0 aliphatic rings. The summed E-state index contributed by atoms with van der Waals surface area (Å²) in [6.45, 7) is 0.381. The molecule has 1 atom stereocenters. The zero-order valence-corrected chi connectivity index (χ0v) is 18.1. The standard InChI is InChI=1S/C24H25N3O3S/c1-31-13-11-20(16-28)26-27-24(29)22-10-9-21(30-17-18-6-5-12-25-15-18)14-23(22)19-7-3-2-4-8-19/h2-10,12,14-16,20,26H,11,13,17H2,1H3,(H,27,29). The summed E-state index contributed by atoms with van der Waals surface area (Å²) in [6, 6.07) is 18.4. The van der Waals surface area contributed by atoms with Gasteiger partial charge in [-0.25, -0.2) is 5.43 Å². The van der Waals surface area contributed by atoms with Crippen molar-refractivity contribution >= 4 is 24.0 Å². The molecule has 3 aromatic rings. The maximum atomic E-state index is 12.9. The lowest BCUT2D eigenvalue weighted by molar-refractivity contribution is -0.109. The number of hydrogen-bond donors (Lipinski definition) is 2. The first kappa shape index (κ1) is 22.5. The number of ether oxygens (including phenoxy) is 1. The molecule has 0 aliphatic carbocycles. The number of hydrogen-bond acceptors (Lipinski definition) is 6. The van der Waals surface area contributed by atoms with Crippen molar-refractivity contribution in [2.24, 2.45) is 0 Å². The average Bonchev–Trinajstić information content (AvgIpc) is 2.83. The highest BCUT2D eigenvalue weighted by Gasteiger charge is 2.16. The number of carbonyl (C=O) groups excluding carboxylic acids is 2. The van der Waals surface area contributed by atoms with Gasteiger partial charge < -0.3 is 9.53 Å². The molecule has 0 radical (unpaired) electrons. The van der Waals surface area contributed by atoms with Crippen LogP contribution in [-0.4, -0.2) is 35.2 Å². The zero-order valence-electron chi connectivity index (χ0n) is 17.3. The Balaban J connectivity index is 1.78. The van der Waals surface area contributed by atoms with Crippen molar-refractivity contribution in [3.8, 4) is 16.9 Å². The van der Waals surface area contributed by atoms with Gasteiger partial charge in [0.15, 0.2) is 0 Å². The van der Waals surface area contributed by atoms with Gasteiger partial charge >= 0.3 is 0 Å². The van der Waals surface area contributed by atoms with Crippen molar-refractivity contribution < 1.29 is 14.3 Å². The molecule has 0 bridgehead atoms. The van der Waals surface area contributed by atoms with Crippen LogP contribution in [0.25, 0.3) is 11.1 Å². The molecule has 0 aliphatic heterocycles. The predicted octanol–water partition coefficient (Wildman–Crippen LogP) is 3.88. The van der Waals surface area contributed by atoms with Crippen LogP contribution in [0.4, 0.5) is 0 Å². The average molecular weight is 436 g/mol. The first-order chi connectivity index (χ1) is 15.2. The third-order valence-corrected chi connectivity index (χ3v) is 5.26. The second-order valence-electron chi connectivity index (χ2n) is 6.85. The number of nitrogens with one attached hydrogen (secondary N) is 2. The number of benzene rings is 2. The molecule has 2 aromatic carbocycles. The minimum absolute atomic E-state index is 0.311. The zero-order chi connectivity index (χ0) is 21.9. The molecule has 0 fully saturated rings. The molecular formula is C24H25N3O3S. The maximum absolute atomic E-state index is 12.9. The summed E-state index contributed by atoms with van der Waals surface area (Å²) in [6.07, 6.45) is 6.90. The van der Waals surface area contributed by atoms with Crippen LogP contribution in [0.2, 0.25) is 0 Å². The molecule has 1 unspecified atom stereocenters. The summed E-state index contributed by atoms with van der Waals surface area (Å²) in [4.78, 5) is 28.2. The fourth-order valence-electron chi connectivity index (χ4n) is 2.96. The highest BCUT2D eigenvalue weighted by atomic mass is 32.2. The Morgan fingerprint density at radius 2 is 2.00 bits per heavy atom. The van der Waals surface area contributed by atoms with Crippen LogP contribution in [-0.2, 0) is 11.4 Å². The summed E-state index contributed by atoms with van der Waals surface area (Å²) >= 11 is 1.65. The van der Waals surface area contributed by atoms with Gasteiger partial charge in [0.1, 0.15) is 18.6 Å². The molecule has 0 saturated carbocycles. The summed E-state index contributed by atoms with van der Waals surface area (Å²) in [7, 11) is 0. The van der Waals surface area contributed by atoms with Crippen LogP contribution in [0.3, 0.4) is 0 Å². The highest BCUT2D eigenvalue weighted by molar-refractivity contribution is 7.98. The number of amides is 1. The van der Waals surface area contributed by atoms with E-state index in [4.69, 9.17) is 4.74 Å². The first-order valence-corrected chi connectivity index (χ1v) is 11.3. The molecule has 6 nitrogen and oxygen atoms in total. The normalized spacial score (nSPS) is 11.5. The van der Waals surface area contributed by atoms with Crippen molar-refractivity contribution in [1.82, 2.24) is 15.8 Å². The Hall–Kier alpha value is -3.16. The third kappa shape index (κ3) is 6.67. The molecule has 1 heterocycles. The summed E-state index contributed by atoms with van der Waals surface area (Å²) in [5.41, 5.74) is 8.58. The van der Waals surface area contributed by atoms with E-state index in [0.717, 1.165) is 28.7 Å². The van der Waals surface area contributed by atoms with Gasteiger partial charge in [-0.3, -0.25) is 15.2 Å². The number of pyridine rings is 1. The number of aromatic nitrogens is 1. The quantitative estimate of drug-likeness (QED) is 0.351. The van der Waals surface area contributed by atoms with Gasteiger partial charge in [-0.1, -0.05) is 36.4 Å². The predicted molar refractivity (Wildman–Crippen MR) is 124 cm³/mol. The maximum Gasteiger partial charge on any atom is 0.266 e. The summed E-state index contributed by atoms with van der Waals surface area (Å²) in [5.74, 6) is 1.16. The monoisotopic (exact) mass is 435 g/mol. The highest BCUT2D eigenvalue weighted by Crippen LogP contribution is 2.28. The van der Waals surface area contributed by atoms with Crippen molar-refractivity contribution in [2.75, 3.05) is 12.0 Å². The molecule has 1 aromatic heterocycles. The summed E-state index contributed by atoms with van der Waals surface area (Å²) < 4.78 is 5.91. The molecule has 7 heteroatoms. The largest absolute Gasteiger partial charge is 0.489 e. The van der Waals surface area contributed by atoms with Crippen molar-refractivity contribution in [3.63, 3.8) is 0 Å². The molecule has 2 N–H and O–H groups in total. The van der Waals surface area contributed by atoms with Crippen LogP contribution < -0.4 is 15.6 Å². The van der Waals surface area contributed by atoms with Crippen molar-refractivity contribution in [3.05, 3.63) is 84.2 Å². The number of aldehydes is 1. The van der Waals surface area contributed by atoms with Gasteiger partial charge in [-0.05, 0) is 53.8 Å². The first-order valence-electron chi connectivity index (χ1n) is 9.92. The number of rotatable bonds is 11. The second kappa shape index (κ2) is 11.9. The number of nitrogens with zero attached hydrogens (tertiary/aromatic N) is 1. The van der Waals surface area contributed by atoms with E-state index >= 15 is 0 Å². The van der Waals surface area contributed by atoms with Crippen molar-refractivity contribution in [2.45, 2.75) is 19.1 Å². The molecule has 31 heavy (non-hydrogen) atoms. The van der Waals surface area contributed by atoms with Crippen LogP contribution in [0.15, 0.2) is 73.1 Å². The Labute approximate surface area is 186 Å².